The number of halogens is 1. The van der Waals surface area contributed by atoms with Gasteiger partial charge in [-0.15, -0.1) is 6.58 Å². The topological polar surface area (TPSA) is 107 Å². The number of anilines is 1. The molecule has 3 aliphatic rings. The molecule has 3 saturated heterocycles. The summed E-state index contributed by atoms with van der Waals surface area (Å²) in [5.41, 5.74) is 0.168. The van der Waals surface area contributed by atoms with E-state index >= 15 is 0 Å². The van der Waals surface area contributed by atoms with Crippen LogP contribution in [-0.4, -0.2) is 69.8 Å². The zero-order valence-corrected chi connectivity index (χ0v) is 21.0. The van der Waals surface area contributed by atoms with Crippen molar-refractivity contribution in [1.29, 1.82) is 0 Å². The van der Waals surface area contributed by atoms with Crippen LogP contribution in [0.15, 0.2) is 67.3 Å². The SMILES string of the molecule is C=CCN(C(=O)C1N([C@@H](CO)Cc2ccccc2)C(=O)[C@@H]2[C@@H](C(=O)O)[C@H]3CCC12O3)c1ccc(Cl)cc1. The molecule has 2 unspecified atom stereocenters. The van der Waals surface area contributed by atoms with Crippen LogP contribution in [0.2, 0.25) is 5.02 Å². The minimum atomic E-state index is -1.28. The number of likely N-dealkylation sites (tertiary alicyclic amines) is 1. The molecule has 3 fully saturated rings. The first-order valence-corrected chi connectivity index (χ1v) is 12.8. The van der Waals surface area contributed by atoms with Crippen LogP contribution in [0.3, 0.4) is 0 Å². The normalized spacial score (nSPS) is 28.7. The zero-order valence-electron chi connectivity index (χ0n) is 20.2. The van der Waals surface area contributed by atoms with Gasteiger partial charge in [0.1, 0.15) is 11.6 Å². The number of aliphatic hydroxyl groups is 1. The Bertz CT molecular complexity index is 1200. The summed E-state index contributed by atoms with van der Waals surface area (Å²) in [7, 11) is 0. The van der Waals surface area contributed by atoms with Gasteiger partial charge in [-0.3, -0.25) is 14.4 Å². The summed E-state index contributed by atoms with van der Waals surface area (Å²) in [4.78, 5) is 43.6. The lowest BCUT2D eigenvalue weighted by Crippen LogP contribution is -2.59. The molecule has 37 heavy (non-hydrogen) atoms. The fraction of sp³-hybridized carbons (Fsp3) is 0.393. The van der Waals surface area contributed by atoms with Crippen molar-refractivity contribution in [2.45, 2.75) is 43.1 Å². The number of carbonyl (C=O) groups is 3. The average Bonchev–Trinajstić information content (AvgIpc) is 3.54. The quantitative estimate of drug-likeness (QED) is 0.488. The number of carbonyl (C=O) groups excluding carboxylic acids is 2. The second kappa shape index (κ2) is 9.93. The van der Waals surface area contributed by atoms with E-state index in [1.807, 2.05) is 30.3 Å². The van der Waals surface area contributed by atoms with Gasteiger partial charge in [-0.1, -0.05) is 48.0 Å². The molecule has 9 heteroatoms. The van der Waals surface area contributed by atoms with Crippen molar-refractivity contribution < 1.29 is 29.3 Å². The number of hydrogen-bond donors (Lipinski definition) is 2. The summed E-state index contributed by atoms with van der Waals surface area (Å²) in [6.07, 6.45) is 2.09. The molecule has 3 heterocycles. The number of amides is 2. The maximum atomic E-state index is 14.4. The summed E-state index contributed by atoms with van der Waals surface area (Å²) in [5.74, 6) is -4.02. The summed E-state index contributed by atoms with van der Waals surface area (Å²) >= 11 is 6.07. The first kappa shape index (κ1) is 25.4. The lowest BCUT2D eigenvalue weighted by molar-refractivity contribution is -0.151. The van der Waals surface area contributed by atoms with Gasteiger partial charge in [0.25, 0.3) is 5.91 Å². The minimum Gasteiger partial charge on any atom is -0.481 e. The highest BCUT2D eigenvalue weighted by Crippen LogP contribution is 2.59. The van der Waals surface area contributed by atoms with Gasteiger partial charge in [-0.05, 0) is 49.1 Å². The predicted octanol–water partition coefficient (Wildman–Crippen LogP) is 2.92. The molecule has 8 nitrogen and oxygen atoms in total. The van der Waals surface area contributed by atoms with Crippen LogP contribution in [0.25, 0.3) is 0 Å². The molecule has 2 aromatic rings. The first-order chi connectivity index (χ1) is 17.8. The van der Waals surface area contributed by atoms with Gasteiger partial charge in [0.15, 0.2) is 0 Å². The highest BCUT2D eigenvalue weighted by Gasteiger charge is 2.75. The van der Waals surface area contributed by atoms with Crippen LogP contribution in [0.1, 0.15) is 18.4 Å². The molecule has 0 aromatic heterocycles. The van der Waals surface area contributed by atoms with E-state index in [2.05, 4.69) is 6.58 Å². The van der Waals surface area contributed by atoms with E-state index in [0.717, 1.165) is 5.56 Å². The number of rotatable bonds is 9. The van der Waals surface area contributed by atoms with Crippen molar-refractivity contribution >= 4 is 35.1 Å². The van der Waals surface area contributed by atoms with Gasteiger partial charge in [-0.2, -0.15) is 0 Å². The lowest BCUT2D eigenvalue weighted by Gasteiger charge is -2.39. The molecular formula is C28H29ClN2O6. The van der Waals surface area contributed by atoms with E-state index in [-0.39, 0.29) is 6.54 Å². The number of fused-ring (bicyclic) bond motifs is 1. The monoisotopic (exact) mass is 524 g/mol. The maximum absolute atomic E-state index is 14.4. The number of aliphatic carboxylic acids is 1. The van der Waals surface area contributed by atoms with E-state index in [4.69, 9.17) is 16.3 Å². The summed E-state index contributed by atoms with van der Waals surface area (Å²) in [6, 6.07) is 14.3. The maximum Gasteiger partial charge on any atom is 0.310 e. The number of carboxylic acid groups (broad SMARTS) is 1. The third-order valence-corrected chi connectivity index (χ3v) is 8.14. The molecule has 194 valence electrons. The Kier molecular flexibility index (Phi) is 6.83. The number of hydrogen-bond acceptors (Lipinski definition) is 5. The third-order valence-electron chi connectivity index (χ3n) is 7.89. The average molecular weight is 525 g/mol. The Balaban J connectivity index is 1.60. The number of carboxylic acids is 1. The Morgan fingerprint density at radius 3 is 2.54 bits per heavy atom. The number of nitrogens with zero attached hydrogens (tertiary/aromatic N) is 2. The molecule has 0 saturated carbocycles. The highest BCUT2D eigenvalue weighted by molar-refractivity contribution is 6.30. The molecule has 0 radical (unpaired) electrons. The largest absolute Gasteiger partial charge is 0.481 e. The second-order valence-electron chi connectivity index (χ2n) is 9.88. The minimum absolute atomic E-state index is 0.161. The van der Waals surface area contributed by atoms with Crippen LogP contribution in [0.5, 0.6) is 0 Å². The highest BCUT2D eigenvalue weighted by atomic mass is 35.5. The molecular weight excluding hydrogens is 496 g/mol. The standard InChI is InChI=1S/C28H29ClN2O6/c1-2-14-30(19-10-8-18(29)9-11-19)26(34)24-28-13-12-21(37-28)22(27(35)36)23(28)25(33)31(24)20(16-32)15-17-6-4-3-5-7-17/h2-11,20-24,32H,1,12-16H2,(H,35,36)/t20-,21-,22+,23+,24?,28?/m1/s1. The Morgan fingerprint density at radius 2 is 1.92 bits per heavy atom. The summed E-state index contributed by atoms with van der Waals surface area (Å²) < 4.78 is 6.30. The number of ether oxygens (including phenoxy) is 1. The summed E-state index contributed by atoms with van der Waals surface area (Å²) in [5, 5.41) is 21.0. The van der Waals surface area contributed by atoms with Gasteiger partial charge in [0, 0.05) is 17.3 Å². The van der Waals surface area contributed by atoms with E-state index in [1.165, 1.54) is 9.80 Å². The molecule has 1 spiro atoms. The van der Waals surface area contributed by atoms with Crippen LogP contribution in [0.4, 0.5) is 5.69 Å². The fourth-order valence-corrected chi connectivity index (χ4v) is 6.53. The van der Waals surface area contributed by atoms with E-state index in [0.29, 0.717) is 30.0 Å². The van der Waals surface area contributed by atoms with E-state index in [9.17, 15) is 24.6 Å². The molecule has 0 aliphatic carbocycles. The van der Waals surface area contributed by atoms with Crippen LogP contribution in [-0.2, 0) is 25.5 Å². The smallest absolute Gasteiger partial charge is 0.310 e. The first-order valence-electron chi connectivity index (χ1n) is 12.4. The van der Waals surface area contributed by atoms with Crippen molar-refractivity contribution in [3.05, 3.63) is 77.8 Å². The van der Waals surface area contributed by atoms with Crippen LogP contribution in [0, 0.1) is 11.8 Å². The van der Waals surface area contributed by atoms with Crippen molar-refractivity contribution in [1.82, 2.24) is 4.90 Å². The molecule has 2 aromatic carbocycles. The fourth-order valence-electron chi connectivity index (χ4n) is 6.40. The van der Waals surface area contributed by atoms with E-state index < -0.39 is 60.0 Å². The second-order valence-corrected chi connectivity index (χ2v) is 10.3. The van der Waals surface area contributed by atoms with E-state index in [1.54, 1.807) is 30.3 Å². The van der Waals surface area contributed by atoms with Gasteiger partial charge in [0.2, 0.25) is 5.91 Å². The molecule has 5 rings (SSSR count). The van der Waals surface area contributed by atoms with Gasteiger partial charge >= 0.3 is 5.97 Å². The third kappa shape index (κ3) is 4.13. The Hall–Kier alpha value is -3.20. The Morgan fingerprint density at radius 1 is 1.22 bits per heavy atom. The molecule has 6 atom stereocenters. The van der Waals surface area contributed by atoms with Gasteiger partial charge in [-0.25, -0.2) is 0 Å². The predicted molar refractivity (Wildman–Crippen MR) is 137 cm³/mol. The lowest BCUT2D eigenvalue weighted by atomic mass is 9.70. The van der Waals surface area contributed by atoms with Gasteiger partial charge < -0.3 is 24.7 Å². The summed E-state index contributed by atoms with van der Waals surface area (Å²) in [6.45, 7) is 3.56. The van der Waals surface area contributed by atoms with Crippen LogP contribution < -0.4 is 4.90 Å². The number of benzene rings is 2. The van der Waals surface area contributed by atoms with Gasteiger partial charge in [0.05, 0.1) is 30.6 Å². The van der Waals surface area contributed by atoms with Crippen molar-refractivity contribution in [2.24, 2.45) is 11.8 Å². The van der Waals surface area contributed by atoms with Crippen LogP contribution >= 0.6 is 11.6 Å². The molecule has 2 amide bonds. The van der Waals surface area contributed by atoms with Crippen molar-refractivity contribution in [3.63, 3.8) is 0 Å². The molecule has 2 N–H and O–H groups in total. The zero-order chi connectivity index (χ0) is 26.3. The molecule has 2 bridgehead atoms. The number of aliphatic hydroxyl groups excluding tert-OH is 1. The van der Waals surface area contributed by atoms with Crippen molar-refractivity contribution in [3.8, 4) is 0 Å². The Labute approximate surface area is 220 Å². The molecule has 3 aliphatic heterocycles. The van der Waals surface area contributed by atoms with Crippen molar-refractivity contribution in [2.75, 3.05) is 18.1 Å².